The normalized spacial score (nSPS) is 16.7. The summed E-state index contributed by atoms with van der Waals surface area (Å²) in [7, 11) is 3.73. The van der Waals surface area contributed by atoms with Crippen molar-refractivity contribution < 1.29 is 19.4 Å². The Balaban J connectivity index is 2.04. The molecule has 1 heterocycles. The van der Waals surface area contributed by atoms with Crippen molar-refractivity contribution in [2.24, 2.45) is 0 Å². The Morgan fingerprint density at radius 1 is 1.33 bits per heavy atom. The van der Waals surface area contributed by atoms with Crippen LogP contribution >= 0.6 is 0 Å². The summed E-state index contributed by atoms with van der Waals surface area (Å²) >= 11 is 0. The van der Waals surface area contributed by atoms with Crippen LogP contribution < -0.4 is 9.47 Å². The van der Waals surface area contributed by atoms with Gasteiger partial charge in [0.25, 0.3) is 0 Å². The van der Waals surface area contributed by atoms with Gasteiger partial charge in [0, 0.05) is 19.5 Å². The summed E-state index contributed by atoms with van der Waals surface area (Å²) in [5.74, 6) is 0.631. The van der Waals surface area contributed by atoms with Crippen molar-refractivity contribution in [1.82, 2.24) is 4.90 Å². The van der Waals surface area contributed by atoms with E-state index in [-0.39, 0.29) is 12.5 Å². The Labute approximate surface area is 125 Å². The van der Waals surface area contributed by atoms with E-state index in [0.717, 1.165) is 37.2 Å². The minimum Gasteiger partial charge on any atom is -0.493 e. The number of methoxy groups -OCH3 is 1. The number of hydrogen-bond donors (Lipinski definition) is 1. The van der Waals surface area contributed by atoms with E-state index in [9.17, 15) is 4.79 Å². The lowest BCUT2D eigenvalue weighted by molar-refractivity contribution is -0.136. The number of aryl methyl sites for hydroxylation is 1. The zero-order valence-electron chi connectivity index (χ0n) is 12.7. The minimum atomic E-state index is -0.788. The first-order valence-electron chi connectivity index (χ1n) is 7.32. The van der Waals surface area contributed by atoms with Crippen LogP contribution in [-0.2, 0) is 11.2 Å². The number of piperidine rings is 1. The molecule has 1 aliphatic heterocycles. The summed E-state index contributed by atoms with van der Waals surface area (Å²) in [4.78, 5) is 13.0. The second-order valence-electron chi connectivity index (χ2n) is 5.50. The third kappa shape index (κ3) is 4.63. The van der Waals surface area contributed by atoms with Gasteiger partial charge in [-0.25, -0.2) is 0 Å². The molecule has 1 aliphatic rings. The zero-order valence-corrected chi connectivity index (χ0v) is 12.7. The van der Waals surface area contributed by atoms with Crippen molar-refractivity contribution in [1.29, 1.82) is 0 Å². The number of carboxylic acid groups (broad SMARTS) is 1. The van der Waals surface area contributed by atoms with Crippen molar-refractivity contribution in [3.05, 3.63) is 23.8 Å². The van der Waals surface area contributed by atoms with Gasteiger partial charge in [0.05, 0.1) is 7.11 Å². The first-order valence-corrected chi connectivity index (χ1v) is 7.32. The lowest BCUT2D eigenvalue weighted by Gasteiger charge is -2.29. The predicted molar refractivity (Wildman–Crippen MR) is 80.1 cm³/mol. The van der Waals surface area contributed by atoms with Crippen LogP contribution in [0, 0.1) is 0 Å². The maximum Gasteiger partial charge on any atom is 0.303 e. The molecule has 1 N–H and O–H groups in total. The largest absolute Gasteiger partial charge is 0.493 e. The van der Waals surface area contributed by atoms with Crippen molar-refractivity contribution in [3.63, 3.8) is 0 Å². The highest BCUT2D eigenvalue weighted by molar-refractivity contribution is 5.67. The van der Waals surface area contributed by atoms with Crippen LogP contribution in [0.2, 0.25) is 0 Å². The monoisotopic (exact) mass is 293 g/mol. The zero-order chi connectivity index (χ0) is 15.2. The molecular weight excluding hydrogens is 270 g/mol. The Morgan fingerprint density at radius 3 is 2.67 bits per heavy atom. The lowest BCUT2D eigenvalue weighted by atomic mass is 10.1. The SMILES string of the molecule is COc1ccc(CCC(=O)O)cc1OC1CCN(C)CC1. The maximum absolute atomic E-state index is 10.7. The molecule has 1 aromatic carbocycles. The van der Waals surface area contributed by atoms with E-state index in [1.807, 2.05) is 18.2 Å². The second-order valence-corrected chi connectivity index (χ2v) is 5.50. The van der Waals surface area contributed by atoms with Gasteiger partial charge in [0.1, 0.15) is 6.10 Å². The number of benzene rings is 1. The molecule has 0 bridgehead atoms. The van der Waals surface area contributed by atoms with Crippen molar-refractivity contribution in [2.45, 2.75) is 31.8 Å². The summed E-state index contributed by atoms with van der Waals surface area (Å²) in [5, 5.41) is 8.77. The fraction of sp³-hybridized carbons (Fsp3) is 0.562. The summed E-state index contributed by atoms with van der Waals surface area (Å²) < 4.78 is 11.4. The van der Waals surface area contributed by atoms with Crippen molar-refractivity contribution in [3.8, 4) is 11.5 Å². The predicted octanol–water partition coefficient (Wildman–Crippen LogP) is 2.19. The molecule has 0 amide bonds. The Kier molecular flexibility index (Phi) is 5.44. The fourth-order valence-electron chi connectivity index (χ4n) is 2.50. The molecule has 1 aromatic rings. The standard InChI is InChI=1S/C16H23NO4/c1-17-9-7-13(8-10-17)21-15-11-12(4-6-16(18)19)3-5-14(15)20-2/h3,5,11,13H,4,6-10H2,1-2H3,(H,18,19). The number of nitrogens with zero attached hydrogens (tertiary/aromatic N) is 1. The molecular formula is C16H23NO4. The number of aliphatic carboxylic acids is 1. The van der Waals surface area contributed by atoms with Gasteiger partial charge in [-0.2, -0.15) is 0 Å². The highest BCUT2D eigenvalue weighted by Gasteiger charge is 2.19. The number of likely N-dealkylation sites (tertiary alicyclic amines) is 1. The van der Waals surface area contributed by atoms with Gasteiger partial charge in [-0.3, -0.25) is 4.79 Å². The van der Waals surface area contributed by atoms with E-state index in [1.54, 1.807) is 7.11 Å². The van der Waals surface area contributed by atoms with E-state index in [2.05, 4.69) is 11.9 Å². The molecule has 1 fully saturated rings. The van der Waals surface area contributed by atoms with Crippen LogP contribution in [0.4, 0.5) is 0 Å². The Morgan fingerprint density at radius 2 is 2.05 bits per heavy atom. The number of hydrogen-bond acceptors (Lipinski definition) is 4. The summed E-state index contributed by atoms with van der Waals surface area (Å²) in [6.45, 7) is 2.07. The van der Waals surface area contributed by atoms with Crippen LogP contribution in [0.5, 0.6) is 11.5 Å². The third-order valence-corrected chi connectivity index (χ3v) is 3.81. The minimum absolute atomic E-state index is 0.125. The highest BCUT2D eigenvalue weighted by atomic mass is 16.5. The summed E-state index contributed by atoms with van der Waals surface area (Å²) in [6.07, 6.45) is 2.83. The number of rotatable bonds is 6. The number of carbonyl (C=O) groups is 1. The van der Waals surface area contributed by atoms with Gasteiger partial charge >= 0.3 is 5.97 Å². The second kappa shape index (κ2) is 7.31. The van der Waals surface area contributed by atoms with Crippen LogP contribution in [0.15, 0.2) is 18.2 Å². The summed E-state index contributed by atoms with van der Waals surface area (Å²) in [5.41, 5.74) is 0.959. The third-order valence-electron chi connectivity index (χ3n) is 3.81. The maximum atomic E-state index is 10.7. The molecule has 1 saturated heterocycles. The number of carboxylic acids is 1. The Hall–Kier alpha value is -1.75. The van der Waals surface area contributed by atoms with Gasteiger partial charge in [0.15, 0.2) is 11.5 Å². The first kappa shape index (κ1) is 15.6. The van der Waals surface area contributed by atoms with Crippen LogP contribution in [0.25, 0.3) is 0 Å². The molecule has 5 nitrogen and oxygen atoms in total. The van der Waals surface area contributed by atoms with E-state index >= 15 is 0 Å². The van der Waals surface area contributed by atoms with Crippen LogP contribution in [0.1, 0.15) is 24.8 Å². The van der Waals surface area contributed by atoms with E-state index < -0.39 is 5.97 Å². The molecule has 0 unspecified atom stereocenters. The van der Waals surface area contributed by atoms with Gasteiger partial charge in [0.2, 0.25) is 0 Å². The quantitative estimate of drug-likeness (QED) is 0.871. The molecule has 0 spiro atoms. The van der Waals surface area contributed by atoms with E-state index in [0.29, 0.717) is 12.2 Å². The van der Waals surface area contributed by atoms with Crippen molar-refractivity contribution >= 4 is 5.97 Å². The molecule has 2 rings (SSSR count). The highest BCUT2D eigenvalue weighted by Crippen LogP contribution is 2.31. The molecule has 116 valence electrons. The average molecular weight is 293 g/mol. The van der Waals surface area contributed by atoms with Gasteiger partial charge in [-0.05, 0) is 44.0 Å². The average Bonchev–Trinajstić information content (AvgIpc) is 2.48. The Bertz CT molecular complexity index is 481. The fourth-order valence-corrected chi connectivity index (χ4v) is 2.50. The molecule has 21 heavy (non-hydrogen) atoms. The number of ether oxygens (including phenoxy) is 2. The summed E-state index contributed by atoms with van der Waals surface area (Å²) in [6, 6.07) is 5.64. The molecule has 5 heteroatoms. The van der Waals surface area contributed by atoms with Gasteiger partial charge in [-0.1, -0.05) is 6.07 Å². The molecule has 0 aliphatic carbocycles. The smallest absolute Gasteiger partial charge is 0.303 e. The van der Waals surface area contributed by atoms with E-state index in [4.69, 9.17) is 14.6 Å². The van der Waals surface area contributed by atoms with Crippen LogP contribution in [-0.4, -0.2) is 49.3 Å². The van der Waals surface area contributed by atoms with Crippen molar-refractivity contribution in [2.75, 3.05) is 27.2 Å². The molecule has 0 atom stereocenters. The topological polar surface area (TPSA) is 59.0 Å². The molecule has 0 saturated carbocycles. The van der Waals surface area contributed by atoms with Crippen LogP contribution in [0.3, 0.4) is 0 Å². The van der Waals surface area contributed by atoms with E-state index in [1.165, 1.54) is 0 Å². The molecule has 0 aromatic heterocycles. The van der Waals surface area contributed by atoms with Gasteiger partial charge in [-0.15, -0.1) is 0 Å². The van der Waals surface area contributed by atoms with Gasteiger partial charge < -0.3 is 19.5 Å². The molecule has 0 radical (unpaired) electrons. The first-order chi connectivity index (χ1) is 10.1. The lowest BCUT2D eigenvalue weighted by Crippen LogP contribution is -2.35.